The molecule has 0 radical (unpaired) electrons. The molecule has 0 aliphatic rings. The average molecular weight is 555 g/mol. The highest BCUT2D eigenvalue weighted by Gasteiger charge is 2.19. The molecule has 0 spiro atoms. The van der Waals surface area contributed by atoms with Gasteiger partial charge in [-0.05, 0) is 25.2 Å². The molecule has 0 unspecified atom stereocenters. The molecule has 0 aliphatic carbocycles. The van der Waals surface area contributed by atoms with Crippen molar-refractivity contribution in [3.05, 3.63) is 0 Å². The van der Waals surface area contributed by atoms with E-state index in [9.17, 15) is 14.4 Å². The Kier molecular flexibility index (Phi) is 26.8. The fraction of sp³-hybridized carbons (Fsp3) is 0.909. The van der Waals surface area contributed by atoms with Gasteiger partial charge in [-0.15, -0.1) is 0 Å². The molecule has 0 aromatic heterocycles. The van der Waals surface area contributed by atoms with Crippen molar-refractivity contribution in [2.45, 2.75) is 175 Å². The molecular weight excluding hydrogens is 492 g/mol. The number of carbonyl (C=O) groups is 3. The summed E-state index contributed by atoms with van der Waals surface area (Å²) in [6, 6.07) is 0. The van der Waals surface area contributed by atoms with E-state index in [1.807, 2.05) is 0 Å². The summed E-state index contributed by atoms with van der Waals surface area (Å²) < 4.78 is 16.3. The highest BCUT2D eigenvalue weighted by Crippen LogP contribution is 2.14. The van der Waals surface area contributed by atoms with Crippen molar-refractivity contribution in [1.82, 2.24) is 0 Å². The second-order valence-electron chi connectivity index (χ2n) is 11.6. The number of carbonyl (C=O) groups excluding carboxylic acids is 3. The molecule has 230 valence electrons. The molecular formula is C33H62O6. The highest BCUT2D eigenvalue weighted by molar-refractivity contribution is 5.71. The van der Waals surface area contributed by atoms with Crippen LogP contribution >= 0.6 is 0 Å². The van der Waals surface area contributed by atoms with Crippen molar-refractivity contribution < 1.29 is 28.6 Å². The second kappa shape index (κ2) is 28.0. The van der Waals surface area contributed by atoms with Crippen LogP contribution in [-0.4, -0.2) is 37.2 Å². The number of hydrogen-bond acceptors (Lipinski definition) is 6. The van der Waals surface area contributed by atoms with E-state index in [1.165, 1.54) is 51.4 Å². The molecule has 0 saturated heterocycles. The predicted molar refractivity (Wildman–Crippen MR) is 160 cm³/mol. The SMILES string of the molecule is CCCCCCCC(=O)OC[C@H](COC(=O)CCCCCCCCCCC(C)C)OC(=O)CCCCCCC. The minimum atomic E-state index is -0.753. The molecule has 0 N–H and O–H groups in total. The summed E-state index contributed by atoms with van der Waals surface area (Å²) in [6.45, 7) is 8.73. The maximum absolute atomic E-state index is 12.3. The zero-order valence-corrected chi connectivity index (χ0v) is 26.1. The van der Waals surface area contributed by atoms with Crippen LogP contribution in [-0.2, 0) is 28.6 Å². The van der Waals surface area contributed by atoms with Gasteiger partial charge < -0.3 is 14.2 Å². The molecule has 0 aromatic rings. The summed E-state index contributed by atoms with van der Waals surface area (Å²) in [5, 5.41) is 0. The van der Waals surface area contributed by atoms with Crippen LogP contribution < -0.4 is 0 Å². The molecule has 6 heteroatoms. The fourth-order valence-electron chi connectivity index (χ4n) is 4.51. The minimum Gasteiger partial charge on any atom is -0.462 e. The molecule has 0 heterocycles. The van der Waals surface area contributed by atoms with Crippen molar-refractivity contribution in [3.63, 3.8) is 0 Å². The predicted octanol–water partition coefficient (Wildman–Crippen LogP) is 9.26. The summed E-state index contributed by atoms with van der Waals surface area (Å²) in [6.07, 6.45) is 21.5. The summed E-state index contributed by atoms with van der Waals surface area (Å²) in [5.41, 5.74) is 0. The molecule has 6 nitrogen and oxygen atoms in total. The summed E-state index contributed by atoms with van der Waals surface area (Å²) in [7, 11) is 0. The molecule has 0 aliphatic heterocycles. The second-order valence-corrected chi connectivity index (χ2v) is 11.6. The number of esters is 3. The van der Waals surface area contributed by atoms with Crippen LogP contribution in [0.2, 0.25) is 0 Å². The number of hydrogen-bond donors (Lipinski definition) is 0. The van der Waals surface area contributed by atoms with Crippen LogP contribution in [0.1, 0.15) is 169 Å². The first-order valence-corrected chi connectivity index (χ1v) is 16.4. The third kappa shape index (κ3) is 27.8. The molecule has 0 fully saturated rings. The van der Waals surface area contributed by atoms with Gasteiger partial charge in [-0.25, -0.2) is 0 Å². The first-order valence-electron chi connectivity index (χ1n) is 16.4. The van der Waals surface area contributed by atoms with Crippen molar-refractivity contribution in [1.29, 1.82) is 0 Å². The monoisotopic (exact) mass is 554 g/mol. The van der Waals surface area contributed by atoms with Crippen LogP contribution in [0.25, 0.3) is 0 Å². The van der Waals surface area contributed by atoms with Gasteiger partial charge in [0.2, 0.25) is 0 Å². The molecule has 0 aromatic carbocycles. The van der Waals surface area contributed by atoms with E-state index in [1.54, 1.807) is 0 Å². The van der Waals surface area contributed by atoms with E-state index in [-0.39, 0.29) is 31.1 Å². The van der Waals surface area contributed by atoms with E-state index in [2.05, 4.69) is 27.7 Å². The third-order valence-electron chi connectivity index (χ3n) is 7.04. The molecule has 0 saturated carbocycles. The van der Waals surface area contributed by atoms with E-state index < -0.39 is 6.10 Å². The summed E-state index contributed by atoms with van der Waals surface area (Å²) in [5.74, 6) is -0.107. The van der Waals surface area contributed by atoms with E-state index in [0.29, 0.717) is 19.3 Å². The number of rotatable bonds is 28. The van der Waals surface area contributed by atoms with Gasteiger partial charge in [-0.1, -0.05) is 130 Å². The Hall–Kier alpha value is -1.59. The van der Waals surface area contributed by atoms with Crippen LogP contribution in [0.5, 0.6) is 0 Å². The Morgan fingerprint density at radius 1 is 0.487 bits per heavy atom. The van der Waals surface area contributed by atoms with E-state index >= 15 is 0 Å². The average Bonchev–Trinajstić information content (AvgIpc) is 2.90. The standard InChI is InChI=1S/C33H62O6/c1-5-7-9-15-20-24-31(34)37-27-30(39-33(36)26-22-16-10-8-6-2)28-38-32(35)25-21-18-14-12-11-13-17-19-23-29(3)4/h29-30H,5-28H2,1-4H3/t30-/m1/s1. The minimum absolute atomic E-state index is 0.0689. The number of unbranched alkanes of at least 4 members (excludes halogenated alkanes) is 15. The summed E-state index contributed by atoms with van der Waals surface area (Å²) in [4.78, 5) is 36.7. The first kappa shape index (κ1) is 37.4. The van der Waals surface area contributed by atoms with Gasteiger partial charge in [0.25, 0.3) is 0 Å². The smallest absolute Gasteiger partial charge is 0.306 e. The lowest BCUT2D eigenvalue weighted by Crippen LogP contribution is -2.30. The highest BCUT2D eigenvalue weighted by atomic mass is 16.6. The maximum atomic E-state index is 12.3. The quantitative estimate of drug-likeness (QED) is 0.0545. The van der Waals surface area contributed by atoms with Crippen molar-refractivity contribution in [3.8, 4) is 0 Å². The van der Waals surface area contributed by atoms with Gasteiger partial charge in [-0.2, -0.15) is 0 Å². The Morgan fingerprint density at radius 3 is 1.26 bits per heavy atom. The molecule has 0 amide bonds. The third-order valence-corrected chi connectivity index (χ3v) is 7.04. The van der Waals surface area contributed by atoms with Crippen LogP contribution in [0.4, 0.5) is 0 Å². The molecule has 0 rings (SSSR count). The summed E-state index contributed by atoms with van der Waals surface area (Å²) >= 11 is 0. The Labute approximate surface area is 240 Å². The van der Waals surface area contributed by atoms with Gasteiger partial charge >= 0.3 is 17.9 Å². The lowest BCUT2D eigenvalue weighted by Gasteiger charge is -2.18. The van der Waals surface area contributed by atoms with E-state index in [4.69, 9.17) is 14.2 Å². The van der Waals surface area contributed by atoms with Crippen molar-refractivity contribution in [2.75, 3.05) is 13.2 Å². The van der Waals surface area contributed by atoms with Crippen LogP contribution in [0.15, 0.2) is 0 Å². The first-order chi connectivity index (χ1) is 18.9. The van der Waals surface area contributed by atoms with Crippen LogP contribution in [0, 0.1) is 5.92 Å². The lowest BCUT2D eigenvalue weighted by molar-refractivity contribution is -0.167. The van der Waals surface area contributed by atoms with Crippen LogP contribution in [0.3, 0.4) is 0 Å². The van der Waals surface area contributed by atoms with Gasteiger partial charge in [0.15, 0.2) is 6.10 Å². The fourth-order valence-corrected chi connectivity index (χ4v) is 4.51. The zero-order valence-electron chi connectivity index (χ0n) is 26.1. The maximum Gasteiger partial charge on any atom is 0.306 e. The van der Waals surface area contributed by atoms with Crippen molar-refractivity contribution >= 4 is 17.9 Å². The normalized spacial score (nSPS) is 11.9. The van der Waals surface area contributed by atoms with Gasteiger partial charge in [0.05, 0.1) is 0 Å². The largest absolute Gasteiger partial charge is 0.462 e. The Balaban J connectivity index is 4.25. The van der Waals surface area contributed by atoms with E-state index in [0.717, 1.165) is 76.5 Å². The molecule has 39 heavy (non-hydrogen) atoms. The Morgan fingerprint density at radius 2 is 0.846 bits per heavy atom. The van der Waals surface area contributed by atoms with Crippen molar-refractivity contribution in [2.24, 2.45) is 5.92 Å². The molecule has 1 atom stereocenters. The van der Waals surface area contributed by atoms with Gasteiger partial charge in [-0.3, -0.25) is 14.4 Å². The van der Waals surface area contributed by atoms with Gasteiger partial charge in [0, 0.05) is 19.3 Å². The zero-order chi connectivity index (χ0) is 29.0. The Bertz CT molecular complexity index is 589. The number of ether oxygens (including phenoxy) is 3. The lowest BCUT2D eigenvalue weighted by atomic mass is 10.0. The van der Waals surface area contributed by atoms with Gasteiger partial charge in [0.1, 0.15) is 13.2 Å². The molecule has 0 bridgehead atoms. The topological polar surface area (TPSA) is 78.9 Å².